The highest BCUT2D eigenvalue weighted by atomic mass is 32.2. The Labute approximate surface area is 125 Å². The van der Waals surface area contributed by atoms with Gasteiger partial charge < -0.3 is 15.0 Å². The molecule has 0 spiro atoms. The second-order valence-electron chi connectivity index (χ2n) is 6.33. The molecule has 1 N–H and O–H groups in total. The summed E-state index contributed by atoms with van der Waals surface area (Å²) in [6.45, 7) is 10.1. The molecule has 0 bridgehead atoms. The quantitative estimate of drug-likeness (QED) is 0.683. The molecule has 1 fully saturated rings. The predicted molar refractivity (Wildman–Crippen MR) is 84.8 cm³/mol. The van der Waals surface area contributed by atoms with E-state index in [9.17, 15) is 0 Å². The first-order chi connectivity index (χ1) is 9.24. The molecule has 2 rings (SSSR count). The van der Waals surface area contributed by atoms with E-state index in [1.807, 2.05) is 19.4 Å². The molecule has 2 heterocycles. The fourth-order valence-corrected chi connectivity index (χ4v) is 3.12. The van der Waals surface area contributed by atoms with Crippen molar-refractivity contribution >= 4 is 23.4 Å². The predicted octanol–water partition coefficient (Wildman–Crippen LogP) is 2.63. The summed E-state index contributed by atoms with van der Waals surface area (Å²) in [5.74, 6) is 1.81. The number of nitrogens with one attached hydrogen (secondary N) is 1. The van der Waals surface area contributed by atoms with Gasteiger partial charge in [0.25, 0.3) is 0 Å². The first-order valence-corrected chi connectivity index (χ1v) is 8.03. The van der Waals surface area contributed by atoms with E-state index in [1.165, 1.54) is 0 Å². The number of ether oxygens (including phenoxy) is 1. The summed E-state index contributed by atoms with van der Waals surface area (Å²) in [6, 6.07) is 2.00. The third-order valence-corrected chi connectivity index (χ3v) is 3.70. The number of hydrogen-bond donors (Lipinski definition) is 1. The van der Waals surface area contributed by atoms with Gasteiger partial charge in [0.1, 0.15) is 11.6 Å². The molecule has 0 aromatic carbocycles. The molecule has 5 nitrogen and oxygen atoms in total. The molecule has 1 saturated heterocycles. The first kappa shape index (κ1) is 15.4. The van der Waals surface area contributed by atoms with Gasteiger partial charge >= 0.3 is 0 Å². The zero-order valence-electron chi connectivity index (χ0n) is 13.1. The summed E-state index contributed by atoms with van der Waals surface area (Å²) in [7, 11) is 1.88. The third-order valence-electron chi connectivity index (χ3n) is 3.15. The van der Waals surface area contributed by atoms with E-state index in [4.69, 9.17) is 4.74 Å². The normalized spacial score (nSPS) is 20.8. The van der Waals surface area contributed by atoms with Crippen LogP contribution in [0.5, 0.6) is 0 Å². The minimum absolute atomic E-state index is 0.188. The van der Waals surface area contributed by atoms with Crippen LogP contribution < -0.4 is 10.2 Å². The van der Waals surface area contributed by atoms with Crippen LogP contribution in [0, 0.1) is 0 Å². The lowest BCUT2D eigenvalue weighted by atomic mass is 9.99. The molecule has 0 saturated carbocycles. The number of thioether (sulfide) groups is 1. The van der Waals surface area contributed by atoms with Crippen LogP contribution in [-0.4, -0.2) is 47.6 Å². The van der Waals surface area contributed by atoms with Crippen LogP contribution in [0.2, 0.25) is 0 Å². The van der Waals surface area contributed by atoms with Crippen molar-refractivity contribution < 1.29 is 4.74 Å². The Kier molecular flexibility index (Phi) is 4.16. The van der Waals surface area contributed by atoms with Gasteiger partial charge in [-0.1, -0.05) is 11.8 Å². The van der Waals surface area contributed by atoms with Gasteiger partial charge in [0, 0.05) is 26.2 Å². The Morgan fingerprint density at radius 1 is 1.20 bits per heavy atom. The van der Waals surface area contributed by atoms with Gasteiger partial charge in [-0.3, -0.25) is 0 Å². The van der Waals surface area contributed by atoms with Crippen molar-refractivity contribution in [3.8, 4) is 0 Å². The topological polar surface area (TPSA) is 50.3 Å². The maximum absolute atomic E-state index is 6.12. The highest BCUT2D eigenvalue weighted by molar-refractivity contribution is 7.98. The van der Waals surface area contributed by atoms with Gasteiger partial charge in [-0.15, -0.1) is 0 Å². The van der Waals surface area contributed by atoms with Crippen molar-refractivity contribution in [1.29, 1.82) is 0 Å². The minimum atomic E-state index is -0.188. The minimum Gasteiger partial charge on any atom is -0.373 e. The maximum atomic E-state index is 6.12. The smallest absolute Gasteiger partial charge is 0.191 e. The average Bonchev–Trinajstić information content (AvgIpc) is 2.34. The van der Waals surface area contributed by atoms with Gasteiger partial charge in [0.2, 0.25) is 0 Å². The van der Waals surface area contributed by atoms with Crippen LogP contribution >= 0.6 is 11.8 Å². The van der Waals surface area contributed by atoms with Crippen LogP contribution in [0.25, 0.3) is 0 Å². The average molecular weight is 296 g/mol. The van der Waals surface area contributed by atoms with E-state index in [-0.39, 0.29) is 11.2 Å². The van der Waals surface area contributed by atoms with Crippen molar-refractivity contribution in [1.82, 2.24) is 9.97 Å². The highest BCUT2D eigenvalue weighted by Crippen LogP contribution is 2.31. The molecule has 0 atom stereocenters. The van der Waals surface area contributed by atoms with Crippen LogP contribution in [0.3, 0.4) is 0 Å². The summed E-state index contributed by atoms with van der Waals surface area (Å²) in [5, 5.41) is 3.89. The Morgan fingerprint density at radius 3 is 2.30 bits per heavy atom. The third kappa shape index (κ3) is 3.55. The second kappa shape index (κ2) is 5.41. The lowest BCUT2D eigenvalue weighted by Crippen LogP contribution is -2.57. The van der Waals surface area contributed by atoms with Crippen LogP contribution in [-0.2, 0) is 4.74 Å². The summed E-state index contributed by atoms with van der Waals surface area (Å²) in [5.41, 5.74) is -0.377. The van der Waals surface area contributed by atoms with E-state index in [0.717, 1.165) is 29.9 Å². The Morgan fingerprint density at radius 2 is 1.80 bits per heavy atom. The maximum Gasteiger partial charge on any atom is 0.191 e. The standard InChI is InChI=1S/C14H24N4OS/c1-13(2)8-18(9-14(3,4)19-13)11-7-10(15-5)16-12(17-11)20-6/h7H,8-9H2,1-6H3,(H,15,16,17). The summed E-state index contributed by atoms with van der Waals surface area (Å²) in [4.78, 5) is 11.3. The Hall–Kier alpha value is -1.01. The molecule has 0 radical (unpaired) electrons. The van der Waals surface area contributed by atoms with E-state index < -0.39 is 0 Å². The van der Waals surface area contributed by atoms with E-state index >= 15 is 0 Å². The molecule has 20 heavy (non-hydrogen) atoms. The van der Waals surface area contributed by atoms with Gasteiger partial charge in [-0.05, 0) is 34.0 Å². The van der Waals surface area contributed by atoms with Crippen LogP contribution in [0.1, 0.15) is 27.7 Å². The van der Waals surface area contributed by atoms with Gasteiger partial charge in [-0.25, -0.2) is 9.97 Å². The van der Waals surface area contributed by atoms with Crippen molar-refractivity contribution in [2.75, 3.05) is 36.6 Å². The molecular weight excluding hydrogens is 272 g/mol. The largest absolute Gasteiger partial charge is 0.373 e. The summed E-state index contributed by atoms with van der Waals surface area (Å²) in [6.07, 6.45) is 1.99. The summed E-state index contributed by atoms with van der Waals surface area (Å²) >= 11 is 1.56. The molecule has 0 amide bonds. The van der Waals surface area contributed by atoms with Gasteiger partial charge in [0.15, 0.2) is 5.16 Å². The zero-order chi connectivity index (χ0) is 15.0. The molecular formula is C14H24N4OS. The second-order valence-corrected chi connectivity index (χ2v) is 7.10. The molecule has 1 aliphatic heterocycles. The van der Waals surface area contributed by atoms with Crippen molar-refractivity contribution in [2.24, 2.45) is 0 Å². The Balaban J connectivity index is 2.34. The fourth-order valence-electron chi connectivity index (χ4n) is 2.74. The fraction of sp³-hybridized carbons (Fsp3) is 0.714. The SMILES string of the molecule is CNc1cc(N2CC(C)(C)OC(C)(C)C2)nc(SC)n1. The lowest BCUT2D eigenvalue weighted by molar-refractivity contribution is -0.133. The van der Waals surface area contributed by atoms with Gasteiger partial charge in [0.05, 0.1) is 11.2 Å². The number of aromatic nitrogens is 2. The first-order valence-electron chi connectivity index (χ1n) is 6.81. The van der Waals surface area contributed by atoms with Crippen LogP contribution in [0.15, 0.2) is 11.2 Å². The highest BCUT2D eigenvalue weighted by Gasteiger charge is 2.38. The van der Waals surface area contributed by atoms with Crippen molar-refractivity contribution in [2.45, 2.75) is 44.1 Å². The number of rotatable bonds is 3. The van der Waals surface area contributed by atoms with E-state index in [2.05, 4.69) is 47.9 Å². The van der Waals surface area contributed by atoms with E-state index in [0.29, 0.717) is 0 Å². The number of hydrogen-bond acceptors (Lipinski definition) is 6. The van der Waals surface area contributed by atoms with Crippen LogP contribution in [0.4, 0.5) is 11.6 Å². The number of morpholine rings is 1. The molecule has 112 valence electrons. The Bertz CT molecular complexity index is 452. The molecule has 0 unspecified atom stereocenters. The van der Waals surface area contributed by atoms with E-state index in [1.54, 1.807) is 11.8 Å². The molecule has 1 aromatic heterocycles. The molecule has 0 aliphatic carbocycles. The monoisotopic (exact) mass is 296 g/mol. The number of nitrogens with zero attached hydrogens (tertiary/aromatic N) is 3. The molecule has 1 aromatic rings. The van der Waals surface area contributed by atoms with Crippen molar-refractivity contribution in [3.63, 3.8) is 0 Å². The number of anilines is 2. The summed E-state index contributed by atoms with van der Waals surface area (Å²) < 4.78 is 6.12. The molecule has 1 aliphatic rings. The zero-order valence-corrected chi connectivity index (χ0v) is 14.0. The molecule has 6 heteroatoms. The van der Waals surface area contributed by atoms with Crippen molar-refractivity contribution in [3.05, 3.63) is 6.07 Å². The lowest BCUT2D eigenvalue weighted by Gasteiger charge is -2.47. The van der Waals surface area contributed by atoms with Gasteiger partial charge in [-0.2, -0.15) is 0 Å².